The van der Waals surface area contributed by atoms with Gasteiger partial charge in [-0.3, -0.25) is 4.79 Å². The first kappa shape index (κ1) is 21.1. The molecule has 0 fully saturated rings. The number of nitrogens with one attached hydrogen (secondary N) is 1. The number of benzene rings is 1. The van der Waals surface area contributed by atoms with Crippen molar-refractivity contribution in [3.63, 3.8) is 0 Å². The number of carbonyl (C=O) groups is 1. The fourth-order valence-corrected chi connectivity index (χ4v) is 2.67. The van der Waals surface area contributed by atoms with E-state index in [4.69, 9.17) is 27.9 Å². The summed E-state index contributed by atoms with van der Waals surface area (Å²) in [6.45, 7) is 0.246. The summed E-state index contributed by atoms with van der Waals surface area (Å²) in [6, 6.07) is 4.54. The van der Waals surface area contributed by atoms with Crippen molar-refractivity contribution in [2.45, 2.75) is 25.4 Å². The van der Waals surface area contributed by atoms with Gasteiger partial charge in [-0.25, -0.2) is 4.98 Å². The normalized spacial score (nSPS) is 11.3. The summed E-state index contributed by atoms with van der Waals surface area (Å²) in [7, 11) is 0. The lowest BCUT2D eigenvalue weighted by atomic mass is 10.2. The predicted molar refractivity (Wildman–Crippen MR) is 95.3 cm³/mol. The van der Waals surface area contributed by atoms with Gasteiger partial charge in [0.15, 0.2) is 5.75 Å². The molecule has 0 saturated carbocycles. The lowest BCUT2D eigenvalue weighted by molar-refractivity contribution is -0.137. The Morgan fingerprint density at radius 2 is 1.85 bits per heavy atom. The number of carbonyl (C=O) groups excluding carboxylic acids is 1. The number of pyridine rings is 1. The zero-order valence-electron chi connectivity index (χ0n) is 13.8. The van der Waals surface area contributed by atoms with E-state index in [1.54, 1.807) is 0 Å². The number of aromatic hydroxyl groups is 1. The number of alkyl halides is 3. The van der Waals surface area contributed by atoms with Gasteiger partial charge in [0.05, 0.1) is 22.2 Å². The lowest BCUT2D eigenvalue weighted by Crippen LogP contribution is -2.13. The van der Waals surface area contributed by atoms with Crippen molar-refractivity contribution < 1.29 is 27.8 Å². The summed E-state index contributed by atoms with van der Waals surface area (Å²) >= 11 is 11.8. The average Bonchev–Trinajstić information content (AvgIpc) is 2.56. The van der Waals surface area contributed by atoms with Crippen molar-refractivity contribution in [3.8, 4) is 11.5 Å². The van der Waals surface area contributed by atoms with E-state index in [-0.39, 0.29) is 46.3 Å². The number of aromatic nitrogens is 1. The van der Waals surface area contributed by atoms with Crippen molar-refractivity contribution in [2.24, 2.45) is 0 Å². The first-order valence-corrected chi connectivity index (χ1v) is 8.56. The van der Waals surface area contributed by atoms with E-state index in [0.717, 1.165) is 12.1 Å². The van der Waals surface area contributed by atoms with Crippen molar-refractivity contribution in [3.05, 3.63) is 46.1 Å². The number of unbranched alkanes of at least 4 members (excludes halogenated alkanes) is 1. The topological polar surface area (TPSA) is 71.5 Å². The Hall–Kier alpha value is -2.19. The Morgan fingerprint density at radius 1 is 1.19 bits per heavy atom. The molecule has 0 spiro atoms. The van der Waals surface area contributed by atoms with E-state index in [2.05, 4.69) is 10.3 Å². The minimum atomic E-state index is -4.47. The maximum atomic E-state index is 12.4. The van der Waals surface area contributed by atoms with Gasteiger partial charge in [-0.2, -0.15) is 13.2 Å². The van der Waals surface area contributed by atoms with Crippen LogP contribution in [-0.2, 0) is 11.0 Å². The first-order chi connectivity index (χ1) is 12.7. The fourth-order valence-electron chi connectivity index (χ4n) is 2.09. The van der Waals surface area contributed by atoms with Crippen LogP contribution in [0, 0.1) is 0 Å². The van der Waals surface area contributed by atoms with Gasteiger partial charge in [-0.15, -0.1) is 0 Å². The largest absolute Gasteiger partial charge is 0.508 e. The van der Waals surface area contributed by atoms with Crippen LogP contribution in [0.3, 0.4) is 0 Å². The van der Waals surface area contributed by atoms with Crippen LogP contribution >= 0.6 is 23.2 Å². The van der Waals surface area contributed by atoms with Gasteiger partial charge in [0.25, 0.3) is 0 Å². The first-order valence-electron chi connectivity index (χ1n) is 7.80. The van der Waals surface area contributed by atoms with E-state index in [1.165, 1.54) is 12.1 Å². The SMILES string of the molecule is O=C(CCCCOc1c(Cl)cc(O)cc1Cl)Nc1ccc(C(F)(F)F)cn1. The Kier molecular flexibility index (Phi) is 7.15. The van der Waals surface area contributed by atoms with Crippen LogP contribution in [-0.4, -0.2) is 22.6 Å². The second-order valence-electron chi connectivity index (χ2n) is 5.52. The van der Waals surface area contributed by atoms with Crippen molar-refractivity contribution >= 4 is 34.9 Å². The van der Waals surface area contributed by atoms with Gasteiger partial charge in [0, 0.05) is 24.8 Å². The van der Waals surface area contributed by atoms with E-state index >= 15 is 0 Å². The molecular formula is C17H15Cl2F3N2O3. The van der Waals surface area contributed by atoms with E-state index < -0.39 is 11.7 Å². The molecule has 0 aliphatic heterocycles. The molecule has 1 amide bonds. The van der Waals surface area contributed by atoms with Gasteiger partial charge in [0.1, 0.15) is 11.6 Å². The summed E-state index contributed by atoms with van der Waals surface area (Å²) in [5.41, 5.74) is -0.885. The summed E-state index contributed by atoms with van der Waals surface area (Å²) in [6.07, 6.45) is -2.68. The monoisotopic (exact) mass is 422 g/mol. The third-order valence-corrected chi connectivity index (χ3v) is 3.95. The molecule has 10 heteroatoms. The molecule has 0 radical (unpaired) electrons. The Bertz CT molecular complexity index is 776. The zero-order valence-corrected chi connectivity index (χ0v) is 15.3. The number of phenolic OH excluding ortho intramolecular Hbond substituents is 1. The number of hydrogen-bond acceptors (Lipinski definition) is 4. The van der Waals surface area contributed by atoms with Crippen LogP contribution in [0.25, 0.3) is 0 Å². The molecule has 0 atom stereocenters. The average molecular weight is 423 g/mol. The minimum absolute atomic E-state index is 0.0481. The highest BCUT2D eigenvalue weighted by Crippen LogP contribution is 2.36. The van der Waals surface area contributed by atoms with Gasteiger partial charge in [-0.05, 0) is 25.0 Å². The quantitative estimate of drug-likeness (QED) is 0.593. The molecule has 2 N–H and O–H groups in total. The summed E-state index contributed by atoms with van der Waals surface area (Å²) < 4.78 is 42.8. The number of amides is 1. The molecule has 1 heterocycles. The number of rotatable bonds is 7. The highest BCUT2D eigenvalue weighted by atomic mass is 35.5. The van der Waals surface area contributed by atoms with Crippen LogP contribution in [0.2, 0.25) is 10.0 Å². The molecule has 0 aliphatic carbocycles. The van der Waals surface area contributed by atoms with Gasteiger partial charge < -0.3 is 15.2 Å². The Balaban J connectivity index is 1.72. The van der Waals surface area contributed by atoms with Crippen LogP contribution in [0.5, 0.6) is 11.5 Å². The van der Waals surface area contributed by atoms with Gasteiger partial charge >= 0.3 is 6.18 Å². The van der Waals surface area contributed by atoms with Gasteiger partial charge in [0.2, 0.25) is 5.91 Å². The number of phenols is 1. The second kappa shape index (κ2) is 9.14. The van der Waals surface area contributed by atoms with E-state index in [1.807, 2.05) is 0 Å². The van der Waals surface area contributed by atoms with Crippen LogP contribution in [0.4, 0.5) is 19.0 Å². The summed E-state index contributed by atoms with van der Waals surface area (Å²) in [4.78, 5) is 15.4. The van der Waals surface area contributed by atoms with Crippen LogP contribution < -0.4 is 10.1 Å². The Morgan fingerprint density at radius 3 is 2.41 bits per heavy atom. The standard InChI is InChI=1S/C17H15Cl2F3N2O3/c18-12-7-11(25)8-13(19)16(12)27-6-2-1-3-15(26)24-14-5-4-10(9-23-14)17(20,21)22/h4-5,7-9,25H,1-3,6H2,(H,23,24,26). The fraction of sp³-hybridized carbons (Fsp3) is 0.294. The maximum Gasteiger partial charge on any atom is 0.417 e. The van der Waals surface area contributed by atoms with Crippen LogP contribution in [0.1, 0.15) is 24.8 Å². The highest BCUT2D eigenvalue weighted by molar-refractivity contribution is 6.37. The molecular weight excluding hydrogens is 408 g/mol. The third-order valence-electron chi connectivity index (χ3n) is 3.39. The molecule has 0 bridgehead atoms. The highest BCUT2D eigenvalue weighted by Gasteiger charge is 2.30. The minimum Gasteiger partial charge on any atom is -0.508 e. The Labute approximate surface area is 163 Å². The van der Waals surface area contributed by atoms with Crippen molar-refractivity contribution in [1.82, 2.24) is 4.98 Å². The molecule has 1 aromatic carbocycles. The zero-order chi connectivity index (χ0) is 20.0. The summed E-state index contributed by atoms with van der Waals surface area (Å²) in [5.74, 6) is -0.157. The summed E-state index contributed by atoms with van der Waals surface area (Å²) in [5, 5.41) is 12.1. The molecule has 2 aromatic rings. The molecule has 0 unspecified atom stereocenters. The third kappa shape index (κ3) is 6.48. The molecule has 146 valence electrons. The molecule has 1 aromatic heterocycles. The van der Waals surface area contributed by atoms with Crippen molar-refractivity contribution in [1.29, 1.82) is 0 Å². The number of ether oxygens (including phenoxy) is 1. The predicted octanol–water partition coefficient (Wildman–Crippen LogP) is 5.30. The van der Waals surface area contributed by atoms with Gasteiger partial charge in [-0.1, -0.05) is 23.2 Å². The lowest BCUT2D eigenvalue weighted by Gasteiger charge is -2.10. The molecule has 5 nitrogen and oxygen atoms in total. The number of hydrogen-bond donors (Lipinski definition) is 2. The molecule has 2 rings (SSSR count). The van der Waals surface area contributed by atoms with Crippen molar-refractivity contribution in [2.75, 3.05) is 11.9 Å². The van der Waals surface area contributed by atoms with E-state index in [9.17, 15) is 23.1 Å². The molecule has 0 saturated heterocycles. The smallest absolute Gasteiger partial charge is 0.417 e. The second-order valence-corrected chi connectivity index (χ2v) is 6.34. The van der Waals surface area contributed by atoms with Crippen LogP contribution in [0.15, 0.2) is 30.5 Å². The molecule has 0 aliphatic rings. The number of nitrogens with zero attached hydrogens (tertiary/aromatic N) is 1. The molecule has 27 heavy (non-hydrogen) atoms. The maximum absolute atomic E-state index is 12.4. The van der Waals surface area contributed by atoms with E-state index in [0.29, 0.717) is 19.0 Å². The number of halogens is 5. The number of anilines is 1.